The summed E-state index contributed by atoms with van der Waals surface area (Å²) < 4.78 is 51.0. The van der Waals surface area contributed by atoms with Crippen molar-refractivity contribution in [2.45, 2.75) is 13.0 Å². The van der Waals surface area contributed by atoms with Gasteiger partial charge in [0.05, 0.1) is 11.9 Å². The van der Waals surface area contributed by atoms with Crippen LogP contribution in [0.2, 0.25) is 0 Å². The third kappa shape index (κ3) is 5.28. The van der Waals surface area contributed by atoms with Crippen molar-refractivity contribution >= 4 is 32.2 Å². The van der Waals surface area contributed by atoms with Crippen LogP contribution in [-0.2, 0) is 16.6 Å². The van der Waals surface area contributed by atoms with Gasteiger partial charge in [0.2, 0.25) is 10.0 Å². The lowest BCUT2D eigenvalue weighted by molar-refractivity contribution is 0.151. The van der Waals surface area contributed by atoms with Crippen LogP contribution in [0.25, 0.3) is 11.3 Å². The molecule has 1 aromatic carbocycles. The van der Waals surface area contributed by atoms with Crippen LogP contribution in [0.15, 0.2) is 48.8 Å². The number of thiazole rings is 1. The number of anilines is 2. The van der Waals surface area contributed by atoms with E-state index in [9.17, 15) is 17.2 Å². The summed E-state index contributed by atoms with van der Waals surface area (Å²) in [5.74, 6) is 0. The third-order valence-electron chi connectivity index (χ3n) is 3.52. The highest BCUT2D eigenvalue weighted by atomic mass is 32.2. The van der Waals surface area contributed by atoms with E-state index in [-0.39, 0.29) is 12.1 Å². The minimum absolute atomic E-state index is 0.0689. The van der Waals surface area contributed by atoms with Crippen LogP contribution >= 0.6 is 11.3 Å². The van der Waals surface area contributed by atoms with E-state index in [1.807, 2.05) is 6.07 Å². The number of benzene rings is 1. The maximum absolute atomic E-state index is 12.9. The molecule has 0 bridgehead atoms. The molecule has 0 radical (unpaired) electrons. The number of nitrogens with one attached hydrogen (secondary N) is 2. The van der Waals surface area contributed by atoms with E-state index in [4.69, 9.17) is 0 Å². The van der Waals surface area contributed by atoms with Gasteiger partial charge in [0.1, 0.15) is 0 Å². The van der Waals surface area contributed by atoms with Gasteiger partial charge in [-0.25, -0.2) is 26.9 Å². The lowest BCUT2D eigenvalue weighted by Crippen LogP contribution is -2.20. The maximum atomic E-state index is 12.9. The first-order valence-electron chi connectivity index (χ1n) is 7.82. The van der Waals surface area contributed by atoms with Crippen LogP contribution in [0, 0.1) is 0 Å². The number of halogens is 2. The predicted octanol–water partition coefficient (Wildman–Crippen LogP) is 3.94. The molecule has 142 valence electrons. The normalized spacial score (nSPS) is 11.7. The summed E-state index contributed by atoms with van der Waals surface area (Å²) in [5, 5.41) is 3.47. The van der Waals surface area contributed by atoms with Crippen LogP contribution in [0.3, 0.4) is 0 Å². The molecule has 0 aliphatic carbocycles. The summed E-state index contributed by atoms with van der Waals surface area (Å²) in [5.41, 5.74) is 1.69. The Morgan fingerprint density at radius 1 is 1.22 bits per heavy atom. The molecule has 3 rings (SSSR count). The molecule has 0 amide bonds. The zero-order chi connectivity index (χ0) is 19.4. The molecule has 0 spiro atoms. The summed E-state index contributed by atoms with van der Waals surface area (Å²) in [6.07, 6.45) is 1.76. The second-order valence-electron chi connectivity index (χ2n) is 5.68. The molecular formula is C17H16F2N4O2S2. The molecule has 6 nitrogen and oxygen atoms in total. The molecule has 0 fully saturated rings. The summed E-state index contributed by atoms with van der Waals surface area (Å²) >= 11 is 1.24. The van der Waals surface area contributed by atoms with Crippen molar-refractivity contribution in [1.82, 2.24) is 14.7 Å². The van der Waals surface area contributed by atoms with Gasteiger partial charge < -0.3 is 5.32 Å². The van der Waals surface area contributed by atoms with E-state index in [0.29, 0.717) is 21.4 Å². The number of pyridine rings is 1. The third-order valence-corrected chi connectivity index (χ3v) is 5.16. The highest BCUT2D eigenvalue weighted by Gasteiger charge is 2.15. The van der Waals surface area contributed by atoms with E-state index in [1.165, 1.54) is 29.5 Å². The van der Waals surface area contributed by atoms with Crippen molar-refractivity contribution in [3.8, 4) is 11.3 Å². The Morgan fingerprint density at radius 2 is 2.04 bits per heavy atom. The lowest BCUT2D eigenvalue weighted by atomic mass is 10.2. The van der Waals surface area contributed by atoms with Gasteiger partial charge in [-0.15, -0.1) is 0 Å². The van der Waals surface area contributed by atoms with Gasteiger partial charge in [-0.05, 0) is 24.3 Å². The summed E-state index contributed by atoms with van der Waals surface area (Å²) in [4.78, 5) is 9.23. The average molecular weight is 410 g/mol. The summed E-state index contributed by atoms with van der Waals surface area (Å²) in [7, 11) is -3.38. The Balaban J connectivity index is 1.92. The molecule has 2 heterocycles. The van der Waals surface area contributed by atoms with Gasteiger partial charge in [0.25, 0.3) is 6.43 Å². The molecule has 2 N–H and O–H groups in total. The van der Waals surface area contributed by atoms with Crippen LogP contribution in [0.1, 0.15) is 16.9 Å². The van der Waals surface area contributed by atoms with Crippen molar-refractivity contribution in [2.24, 2.45) is 0 Å². The molecule has 0 atom stereocenters. The fraction of sp³-hybridized carbons (Fsp3) is 0.176. The van der Waals surface area contributed by atoms with Crippen LogP contribution < -0.4 is 10.0 Å². The number of hydrogen-bond acceptors (Lipinski definition) is 6. The lowest BCUT2D eigenvalue weighted by Gasteiger charge is -2.05. The number of hydrogen-bond donors (Lipinski definition) is 2. The fourth-order valence-electron chi connectivity index (χ4n) is 2.33. The Hall–Kier alpha value is -2.43. The van der Waals surface area contributed by atoms with Gasteiger partial charge in [-0.2, -0.15) is 0 Å². The Bertz CT molecular complexity index is 1020. The van der Waals surface area contributed by atoms with Crippen molar-refractivity contribution in [3.05, 3.63) is 59.2 Å². The topological polar surface area (TPSA) is 84.0 Å². The van der Waals surface area contributed by atoms with Gasteiger partial charge >= 0.3 is 0 Å². The van der Waals surface area contributed by atoms with E-state index in [2.05, 4.69) is 20.0 Å². The quantitative estimate of drug-likeness (QED) is 0.616. The Morgan fingerprint density at radius 3 is 2.70 bits per heavy atom. The molecule has 0 aliphatic heterocycles. The van der Waals surface area contributed by atoms with Crippen molar-refractivity contribution in [2.75, 3.05) is 11.6 Å². The molecule has 10 heteroatoms. The van der Waals surface area contributed by atoms with Gasteiger partial charge in [-0.3, -0.25) is 4.98 Å². The molecular weight excluding hydrogens is 394 g/mol. The zero-order valence-corrected chi connectivity index (χ0v) is 15.8. The first kappa shape index (κ1) is 19.3. The average Bonchev–Trinajstić information content (AvgIpc) is 3.03. The summed E-state index contributed by atoms with van der Waals surface area (Å²) in [6, 6.07) is 9.45. The maximum Gasteiger partial charge on any atom is 0.263 e. The molecule has 0 saturated carbocycles. The van der Waals surface area contributed by atoms with Gasteiger partial charge in [0, 0.05) is 40.6 Å². The minimum atomic E-state index is -3.38. The largest absolute Gasteiger partial charge is 0.332 e. The first-order chi connectivity index (χ1) is 12.8. The van der Waals surface area contributed by atoms with Crippen molar-refractivity contribution in [3.63, 3.8) is 0 Å². The summed E-state index contributed by atoms with van der Waals surface area (Å²) in [6.45, 7) is 0.0689. The standard InChI is InChI=1S/C17H16F2N4O2S2/c1-27(24,25)21-10-14-15(12-5-3-7-20-9-12)23-17(26-14)22-13-6-2-4-11(8-13)16(18)19/h2-9,16,21H,10H2,1H3,(H,22,23). The van der Waals surface area contributed by atoms with Crippen LogP contribution in [-0.4, -0.2) is 24.6 Å². The SMILES string of the molecule is CS(=O)(=O)NCc1sc(Nc2cccc(C(F)F)c2)nc1-c1cccnc1. The molecule has 3 aromatic rings. The van der Waals surface area contributed by atoms with E-state index in [0.717, 1.165) is 11.8 Å². The second-order valence-corrected chi connectivity index (χ2v) is 8.59. The van der Waals surface area contributed by atoms with Crippen molar-refractivity contribution < 1.29 is 17.2 Å². The highest BCUT2D eigenvalue weighted by molar-refractivity contribution is 7.88. The molecule has 0 saturated heterocycles. The van der Waals surface area contributed by atoms with Crippen LogP contribution in [0.4, 0.5) is 19.6 Å². The monoisotopic (exact) mass is 410 g/mol. The number of nitrogens with zero attached hydrogens (tertiary/aromatic N) is 2. The molecule has 0 aliphatic rings. The van der Waals surface area contributed by atoms with Gasteiger partial charge in [-0.1, -0.05) is 23.5 Å². The molecule has 0 unspecified atom stereocenters. The molecule has 27 heavy (non-hydrogen) atoms. The smallest absolute Gasteiger partial charge is 0.263 e. The number of sulfonamides is 1. The number of aromatic nitrogens is 2. The predicted molar refractivity (Wildman–Crippen MR) is 102 cm³/mol. The van der Waals surface area contributed by atoms with Crippen molar-refractivity contribution in [1.29, 1.82) is 0 Å². The molecule has 2 aromatic heterocycles. The van der Waals surface area contributed by atoms with E-state index >= 15 is 0 Å². The van der Waals surface area contributed by atoms with E-state index < -0.39 is 16.4 Å². The Labute approximate surface area is 159 Å². The second kappa shape index (κ2) is 8.07. The fourth-order valence-corrected chi connectivity index (χ4v) is 3.77. The number of alkyl halides is 2. The zero-order valence-electron chi connectivity index (χ0n) is 14.2. The highest BCUT2D eigenvalue weighted by Crippen LogP contribution is 2.33. The number of rotatable bonds is 7. The van der Waals surface area contributed by atoms with E-state index in [1.54, 1.807) is 24.5 Å². The van der Waals surface area contributed by atoms with Gasteiger partial charge in [0.15, 0.2) is 5.13 Å². The van der Waals surface area contributed by atoms with Crippen LogP contribution in [0.5, 0.6) is 0 Å². The Kier molecular flexibility index (Phi) is 5.78. The minimum Gasteiger partial charge on any atom is -0.332 e. The first-order valence-corrected chi connectivity index (χ1v) is 10.5.